The van der Waals surface area contributed by atoms with Crippen LogP contribution in [0.2, 0.25) is 0 Å². The summed E-state index contributed by atoms with van der Waals surface area (Å²) in [5, 5.41) is 7.40. The van der Waals surface area contributed by atoms with Crippen LogP contribution in [0, 0.1) is 0 Å². The van der Waals surface area contributed by atoms with Gasteiger partial charge in [-0.1, -0.05) is 0 Å². The third kappa shape index (κ3) is 2.76. The van der Waals surface area contributed by atoms with Gasteiger partial charge in [-0.3, -0.25) is 9.36 Å². The molecule has 128 valence electrons. The number of aromatic nitrogens is 5. The van der Waals surface area contributed by atoms with E-state index in [1.165, 1.54) is 4.68 Å². The van der Waals surface area contributed by atoms with E-state index in [9.17, 15) is 9.59 Å². The molecule has 0 spiro atoms. The summed E-state index contributed by atoms with van der Waals surface area (Å²) < 4.78 is 5.05. The van der Waals surface area contributed by atoms with Crippen molar-refractivity contribution >= 4 is 5.91 Å². The summed E-state index contributed by atoms with van der Waals surface area (Å²) in [6.07, 6.45) is 11.4. The first kappa shape index (κ1) is 15.2. The molecule has 8 heteroatoms. The first-order valence-corrected chi connectivity index (χ1v) is 8.66. The van der Waals surface area contributed by atoms with Crippen molar-refractivity contribution in [3.8, 4) is 0 Å². The van der Waals surface area contributed by atoms with Gasteiger partial charge >= 0.3 is 5.69 Å². The van der Waals surface area contributed by atoms with E-state index in [4.69, 9.17) is 0 Å². The summed E-state index contributed by atoms with van der Waals surface area (Å²) >= 11 is 0. The summed E-state index contributed by atoms with van der Waals surface area (Å²) in [5.74, 6) is 0.653. The van der Waals surface area contributed by atoms with Gasteiger partial charge in [0, 0.05) is 31.4 Å². The van der Waals surface area contributed by atoms with Crippen LogP contribution in [0.25, 0.3) is 0 Å². The first-order chi connectivity index (χ1) is 11.7. The number of rotatable bonds is 4. The molecule has 1 saturated carbocycles. The Balaban J connectivity index is 1.44. The average Bonchev–Trinajstić information content (AvgIpc) is 3.29. The number of nitrogens with zero attached hydrogens (tertiary/aromatic N) is 5. The monoisotopic (exact) mass is 330 g/mol. The van der Waals surface area contributed by atoms with Crippen molar-refractivity contribution in [2.45, 2.75) is 63.7 Å². The zero-order chi connectivity index (χ0) is 16.5. The number of hydrogen-bond donors (Lipinski definition) is 1. The van der Waals surface area contributed by atoms with E-state index in [0.717, 1.165) is 44.3 Å². The number of nitrogens with one attached hydrogen (secondary N) is 1. The molecule has 1 amide bonds. The topological polar surface area (TPSA) is 86.7 Å². The number of imidazole rings is 1. The smallest absolute Gasteiger partial charge is 0.346 e. The fraction of sp³-hybridized carbons (Fsp3) is 0.625. The van der Waals surface area contributed by atoms with Crippen LogP contribution in [0.4, 0.5) is 0 Å². The first-order valence-electron chi connectivity index (χ1n) is 8.66. The van der Waals surface area contributed by atoms with Gasteiger partial charge in [-0.2, -0.15) is 5.10 Å². The third-order valence-electron chi connectivity index (χ3n) is 5.06. The largest absolute Gasteiger partial charge is 0.350 e. The predicted octanol–water partition coefficient (Wildman–Crippen LogP) is 0.488. The zero-order valence-electron chi connectivity index (χ0n) is 13.6. The maximum Gasteiger partial charge on any atom is 0.346 e. The Hall–Kier alpha value is -2.38. The van der Waals surface area contributed by atoms with Crippen LogP contribution in [0.1, 0.15) is 44.0 Å². The highest BCUT2D eigenvalue weighted by atomic mass is 16.2. The van der Waals surface area contributed by atoms with Crippen molar-refractivity contribution < 1.29 is 4.79 Å². The number of amides is 1. The molecule has 1 aliphatic heterocycles. The van der Waals surface area contributed by atoms with Crippen LogP contribution in [-0.2, 0) is 24.3 Å². The Labute approximate surface area is 139 Å². The minimum atomic E-state index is -0.169. The van der Waals surface area contributed by atoms with E-state index >= 15 is 0 Å². The van der Waals surface area contributed by atoms with Gasteiger partial charge in [-0.25, -0.2) is 14.5 Å². The van der Waals surface area contributed by atoms with E-state index in [-0.39, 0.29) is 30.2 Å². The van der Waals surface area contributed by atoms with Crippen molar-refractivity contribution in [3.63, 3.8) is 0 Å². The lowest BCUT2D eigenvalue weighted by molar-refractivity contribution is -0.122. The van der Waals surface area contributed by atoms with Gasteiger partial charge < -0.3 is 9.88 Å². The SMILES string of the molecule is O=C(Cn1nc2n(c1=O)CCCC2)N[C@@H]1CCC[C@@H]1n1ccnc1. The van der Waals surface area contributed by atoms with Crippen LogP contribution < -0.4 is 11.0 Å². The van der Waals surface area contributed by atoms with Gasteiger partial charge in [-0.05, 0) is 32.1 Å². The lowest BCUT2D eigenvalue weighted by atomic mass is 10.1. The molecule has 2 aromatic rings. The minimum absolute atomic E-state index is 0.00795. The lowest BCUT2D eigenvalue weighted by Gasteiger charge is -2.22. The molecular formula is C16H22N6O2. The van der Waals surface area contributed by atoms with Gasteiger partial charge in [0.1, 0.15) is 12.4 Å². The van der Waals surface area contributed by atoms with E-state index in [0.29, 0.717) is 6.54 Å². The molecule has 1 fully saturated rings. The summed E-state index contributed by atoms with van der Waals surface area (Å²) in [6, 6.07) is 0.322. The van der Waals surface area contributed by atoms with Crippen LogP contribution in [-0.4, -0.2) is 35.8 Å². The van der Waals surface area contributed by atoms with Crippen molar-refractivity contribution in [1.82, 2.24) is 29.2 Å². The van der Waals surface area contributed by atoms with E-state index in [1.54, 1.807) is 17.1 Å². The fourth-order valence-electron chi connectivity index (χ4n) is 3.87. The van der Waals surface area contributed by atoms with Crippen LogP contribution >= 0.6 is 0 Å². The van der Waals surface area contributed by atoms with Gasteiger partial charge in [0.05, 0.1) is 12.4 Å². The van der Waals surface area contributed by atoms with Crippen molar-refractivity contribution in [2.75, 3.05) is 0 Å². The number of aryl methyl sites for hydroxylation is 1. The van der Waals surface area contributed by atoms with Gasteiger partial charge in [0.2, 0.25) is 5.91 Å². The maximum absolute atomic E-state index is 12.4. The van der Waals surface area contributed by atoms with Crippen molar-refractivity contribution in [2.24, 2.45) is 0 Å². The molecule has 8 nitrogen and oxygen atoms in total. The molecule has 0 unspecified atom stereocenters. The van der Waals surface area contributed by atoms with Crippen LogP contribution in [0.5, 0.6) is 0 Å². The lowest BCUT2D eigenvalue weighted by Crippen LogP contribution is -2.41. The molecule has 24 heavy (non-hydrogen) atoms. The molecule has 3 heterocycles. The Morgan fingerprint density at radius 3 is 3.00 bits per heavy atom. The summed E-state index contributed by atoms with van der Waals surface area (Å²) in [6.45, 7) is 0.701. The number of carbonyl (C=O) groups is 1. The highest BCUT2D eigenvalue weighted by Crippen LogP contribution is 2.29. The number of fused-ring (bicyclic) bond motifs is 1. The van der Waals surface area contributed by atoms with Crippen molar-refractivity contribution in [3.05, 3.63) is 35.0 Å². The molecule has 0 bridgehead atoms. The third-order valence-corrected chi connectivity index (χ3v) is 5.06. The summed E-state index contributed by atoms with van der Waals surface area (Å²) in [4.78, 5) is 28.8. The molecule has 0 saturated heterocycles. The van der Waals surface area contributed by atoms with E-state index in [1.807, 2.05) is 6.20 Å². The van der Waals surface area contributed by atoms with Gasteiger partial charge in [0.15, 0.2) is 0 Å². The average molecular weight is 330 g/mol. The van der Waals surface area contributed by atoms with Gasteiger partial charge in [-0.15, -0.1) is 0 Å². The summed E-state index contributed by atoms with van der Waals surface area (Å²) in [5.41, 5.74) is -0.169. The highest BCUT2D eigenvalue weighted by molar-refractivity contribution is 5.76. The highest BCUT2D eigenvalue weighted by Gasteiger charge is 2.30. The minimum Gasteiger partial charge on any atom is -0.350 e. The molecule has 2 aliphatic rings. The molecular weight excluding hydrogens is 308 g/mol. The maximum atomic E-state index is 12.4. The quantitative estimate of drug-likeness (QED) is 0.884. The second kappa shape index (κ2) is 6.26. The second-order valence-corrected chi connectivity index (χ2v) is 6.65. The second-order valence-electron chi connectivity index (χ2n) is 6.65. The molecule has 2 aromatic heterocycles. The normalized spacial score (nSPS) is 23.2. The molecule has 1 N–H and O–H groups in total. The number of carbonyl (C=O) groups excluding carboxylic acids is 1. The Kier molecular flexibility index (Phi) is 3.95. The predicted molar refractivity (Wildman–Crippen MR) is 86.5 cm³/mol. The number of hydrogen-bond acceptors (Lipinski definition) is 4. The zero-order valence-corrected chi connectivity index (χ0v) is 13.6. The Morgan fingerprint density at radius 1 is 1.29 bits per heavy atom. The van der Waals surface area contributed by atoms with Crippen molar-refractivity contribution in [1.29, 1.82) is 0 Å². The van der Waals surface area contributed by atoms with Gasteiger partial charge in [0.25, 0.3) is 0 Å². The van der Waals surface area contributed by atoms with Crippen LogP contribution in [0.15, 0.2) is 23.5 Å². The Morgan fingerprint density at radius 2 is 2.21 bits per heavy atom. The van der Waals surface area contributed by atoms with E-state index < -0.39 is 0 Å². The molecule has 4 rings (SSSR count). The van der Waals surface area contributed by atoms with E-state index in [2.05, 4.69) is 20.0 Å². The Bertz CT molecular complexity index is 775. The summed E-state index contributed by atoms with van der Waals surface area (Å²) in [7, 11) is 0. The fourth-order valence-corrected chi connectivity index (χ4v) is 3.87. The molecule has 2 atom stereocenters. The molecule has 0 radical (unpaired) electrons. The molecule has 1 aliphatic carbocycles. The molecule has 0 aromatic carbocycles. The standard InChI is InChI=1S/C16H22N6O2/c23-15(10-22-16(24)21-8-2-1-6-14(21)19-22)18-12-4-3-5-13(12)20-9-7-17-11-20/h7,9,11-13H,1-6,8,10H2,(H,18,23)/t12-,13+/m1/s1. The van der Waals surface area contributed by atoms with Crippen LogP contribution in [0.3, 0.4) is 0 Å².